The van der Waals surface area contributed by atoms with E-state index in [0.29, 0.717) is 17.5 Å². The highest BCUT2D eigenvalue weighted by Crippen LogP contribution is 2.29. The number of nitrogens with zero attached hydrogens (tertiary/aromatic N) is 4. The standard InChI is InChI=1S/C19H22N4OS2/c1-13(2)15-12-25-17(20-15)18(24)22-8-5-9-23(11-10-22)19-21-14-6-3-4-7-16(14)26-19/h3-4,6-7,12-13H,5,8-11H2,1-2H3. The zero-order chi connectivity index (χ0) is 18.1. The van der Waals surface area contributed by atoms with Gasteiger partial charge < -0.3 is 9.80 Å². The topological polar surface area (TPSA) is 49.3 Å². The van der Waals surface area contributed by atoms with Crippen molar-refractivity contribution in [2.24, 2.45) is 0 Å². The van der Waals surface area contributed by atoms with E-state index in [0.717, 1.165) is 42.4 Å². The number of amides is 1. The van der Waals surface area contributed by atoms with E-state index < -0.39 is 0 Å². The van der Waals surface area contributed by atoms with Crippen molar-refractivity contribution in [2.45, 2.75) is 26.2 Å². The molecule has 1 fully saturated rings. The second-order valence-corrected chi connectivity index (χ2v) is 8.70. The number of hydrogen-bond acceptors (Lipinski definition) is 6. The van der Waals surface area contributed by atoms with Crippen LogP contribution in [0.3, 0.4) is 0 Å². The molecular formula is C19H22N4OS2. The molecule has 1 aliphatic heterocycles. The molecular weight excluding hydrogens is 364 g/mol. The SMILES string of the molecule is CC(C)c1csc(C(=O)N2CCCN(c3nc4ccccc4s3)CC2)n1. The average Bonchev–Trinajstić information content (AvgIpc) is 3.22. The van der Waals surface area contributed by atoms with Gasteiger partial charge in [0.15, 0.2) is 10.1 Å². The molecule has 3 heterocycles. The third-order valence-electron chi connectivity index (χ3n) is 4.63. The molecule has 0 aliphatic carbocycles. The molecule has 0 atom stereocenters. The first kappa shape index (κ1) is 17.4. The fourth-order valence-electron chi connectivity index (χ4n) is 3.09. The molecule has 2 aromatic heterocycles. The lowest BCUT2D eigenvalue weighted by molar-refractivity contribution is 0.0766. The Morgan fingerprint density at radius 2 is 1.96 bits per heavy atom. The van der Waals surface area contributed by atoms with Gasteiger partial charge in [0.25, 0.3) is 5.91 Å². The third kappa shape index (κ3) is 3.46. The Bertz CT molecular complexity index is 884. The van der Waals surface area contributed by atoms with Gasteiger partial charge >= 0.3 is 0 Å². The number of carbonyl (C=O) groups excluding carboxylic acids is 1. The van der Waals surface area contributed by atoms with Crippen molar-refractivity contribution in [1.82, 2.24) is 14.9 Å². The molecule has 7 heteroatoms. The van der Waals surface area contributed by atoms with E-state index in [2.05, 4.69) is 35.9 Å². The van der Waals surface area contributed by atoms with Gasteiger partial charge in [-0.3, -0.25) is 4.79 Å². The van der Waals surface area contributed by atoms with Crippen LogP contribution >= 0.6 is 22.7 Å². The number of hydrogen-bond donors (Lipinski definition) is 0. The molecule has 136 valence electrons. The van der Waals surface area contributed by atoms with Gasteiger partial charge in [-0.1, -0.05) is 37.3 Å². The Morgan fingerprint density at radius 1 is 1.12 bits per heavy atom. The molecule has 1 aliphatic rings. The molecule has 1 saturated heterocycles. The smallest absolute Gasteiger partial charge is 0.282 e. The summed E-state index contributed by atoms with van der Waals surface area (Å²) < 4.78 is 1.21. The summed E-state index contributed by atoms with van der Waals surface area (Å²) in [4.78, 5) is 26.3. The fourth-order valence-corrected chi connectivity index (χ4v) is 5.05. The Balaban J connectivity index is 1.46. The van der Waals surface area contributed by atoms with Crippen molar-refractivity contribution in [1.29, 1.82) is 0 Å². The number of benzene rings is 1. The van der Waals surface area contributed by atoms with Crippen LogP contribution in [0.1, 0.15) is 41.7 Å². The molecule has 26 heavy (non-hydrogen) atoms. The summed E-state index contributed by atoms with van der Waals surface area (Å²) in [5, 5.41) is 3.67. The van der Waals surface area contributed by atoms with Crippen molar-refractivity contribution in [3.63, 3.8) is 0 Å². The molecule has 0 bridgehead atoms. The van der Waals surface area contributed by atoms with Crippen LogP contribution in [-0.4, -0.2) is 47.0 Å². The van der Waals surface area contributed by atoms with Gasteiger partial charge in [-0.2, -0.15) is 0 Å². The molecule has 1 aromatic carbocycles. The first-order valence-electron chi connectivity index (χ1n) is 8.97. The largest absolute Gasteiger partial charge is 0.346 e. The third-order valence-corrected chi connectivity index (χ3v) is 6.58. The van der Waals surface area contributed by atoms with Gasteiger partial charge in [-0.15, -0.1) is 11.3 Å². The van der Waals surface area contributed by atoms with Crippen LogP contribution in [0.2, 0.25) is 0 Å². The van der Waals surface area contributed by atoms with Crippen LogP contribution in [0.25, 0.3) is 10.2 Å². The van der Waals surface area contributed by atoms with Crippen molar-refractivity contribution in [2.75, 3.05) is 31.1 Å². The maximum absolute atomic E-state index is 12.8. The van der Waals surface area contributed by atoms with Crippen molar-refractivity contribution in [3.05, 3.63) is 40.3 Å². The number of thiazole rings is 2. The highest BCUT2D eigenvalue weighted by molar-refractivity contribution is 7.22. The minimum Gasteiger partial charge on any atom is -0.346 e. The summed E-state index contributed by atoms with van der Waals surface area (Å²) in [5.41, 5.74) is 2.05. The summed E-state index contributed by atoms with van der Waals surface area (Å²) in [6.07, 6.45) is 0.948. The second kappa shape index (κ2) is 7.32. The highest BCUT2D eigenvalue weighted by Gasteiger charge is 2.24. The number of rotatable bonds is 3. The van der Waals surface area contributed by atoms with Gasteiger partial charge in [0.05, 0.1) is 15.9 Å². The number of anilines is 1. The fraction of sp³-hybridized carbons (Fsp3) is 0.421. The van der Waals surface area contributed by atoms with E-state index >= 15 is 0 Å². The van der Waals surface area contributed by atoms with Gasteiger partial charge in [-0.25, -0.2) is 9.97 Å². The minimum atomic E-state index is 0.0630. The van der Waals surface area contributed by atoms with Crippen LogP contribution in [0, 0.1) is 0 Å². The molecule has 4 rings (SSSR count). The lowest BCUT2D eigenvalue weighted by Gasteiger charge is -2.20. The molecule has 0 N–H and O–H groups in total. The Labute approximate surface area is 161 Å². The van der Waals surface area contributed by atoms with Gasteiger partial charge in [0, 0.05) is 31.6 Å². The van der Waals surface area contributed by atoms with Crippen LogP contribution < -0.4 is 4.90 Å². The molecule has 3 aromatic rings. The first-order valence-corrected chi connectivity index (χ1v) is 10.7. The van der Waals surface area contributed by atoms with Crippen LogP contribution in [0.4, 0.5) is 5.13 Å². The maximum Gasteiger partial charge on any atom is 0.282 e. The Kier molecular flexibility index (Phi) is 4.91. The summed E-state index contributed by atoms with van der Waals surface area (Å²) in [7, 11) is 0. The number of para-hydroxylation sites is 1. The second-order valence-electron chi connectivity index (χ2n) is 6.83. The number of carbonyl (C=O) groups is 1. The van der Waals surface area contributed by atoms with Crippen molar-refractivity contribution >= 4 is 43.9 Å². The molecule has 0 spiro atoms. The van der Waals surface area contributed by atoms with Gasteiger partial charge in [0.1, 0.15) is 0 Å². The quantitative estimate of drug-likeness (QED) is 0.676. The summed E-state index contributed by atoms with van der Waals surface area (Å²) in [6.45, 7) is 7.44. The Hall–Kier alpha value is -1.99. The zero-order valence-electron chi connectivity index (χ0n) is 15.0. The van der Waals surface area contributed by atoms with Gasteiger partial charge in [0.2, 0.25) is 0 Å². The number of fused-ring (bicyclic) bond motifs is 1. The normalized spacial score (nSPS) is 15.7. The minimum absolute atomic E-state index is 0.0630. The zero-order valence-corrected chi connectivity index (χ0v) is 16.6. The van der Waals surface area contributed by atoms with E-state index in [-0.39, 0.29) is 5.91 Å². The maximum atomic E-state index is 12.8. The molecule has 0 radical (unpaired) electrons. The van der Waals surface area contributed by atoms with Crippen LogP contribution in [0.15, 0.2) is 29.6 Å². The average molecular weight is 387 g/mol. The highest BCUT2D eigenvalue weighted by atomic mass is 32.1. The van der Waals surface area contributed by atoms with Crippen molar-refractivity contribution in [3.8, 4) is 0 Å². The van der Waals surface area contributed by atoms with E-state index in [4.69, 9.17) is 4.98 Å². The summed E-state index contributed by atoms with van der Waals surface area (Å²) in [6, 6.07) is 8.23. The molecule has 0 unspecified atom stereocenters. The van der Waals surface area contributed by atoms with E-state index in [9.17, 15) is 4.79 Å². The molecule has 5 nitrogen and oxygen atoms in total. The lowest BCUT2D eigenvalue weighted by Crippen LogP contribution is -2.35. The first-order chi connectivity index (χ1) is 12.6. The van der Waals surface area contributed by atoms with Crippen LogP contribution in [-0.2, 0) is 0 Å². The number of aromatic nitrogens is 2. The summed E-state index contributed by atoms with van der Waals surface area (Å²) in [5.74, 6) is 0.416. The summed E-state index contributed by atoms with van der Waals surface area (Å²) >= 11 is 3.19. The monoisotopic (exact) mass is 386 g/mol. The van der Waals surface area contributed by atoms with Gasteiger partial charge in [-0.05, 0) is 24.5 Å². The van der Waals surface area contributed by atoms with E-state index in [1.807, 2.05) is 22.4 Å². The lowest BCUT2D eigenvalue weighted by atomic mass is 10.2. The predicted octanol–water partition coefficient (Wildman–Crippen LogP) is 4.23. The van der Waals surface area contributed by atoms with Crippen LogP contribution in [0.5, 0.6) is 0 Å². The predicted molar refractivity (Wildman–Crippen MR) is 109 cm³/mol. The molecule has 1 amide bonds. The van der Waals surface area contributed by atoms with E-state index in [1.54, 1.807) is 11.3 Å². The molecule has 0 saturated carbocycles. The van der Waals surface area contributed by atoms with Crippen molar-refractivity contribution < 1.29 is 4.79 Å². The van der Waals surface area contributed by atoms with E-state index in [1.165, 1.54) is 16.0 Å². The Morgan fingerprint density at radius 3 is 2.73 bits per heavy atom.